The number of sulfonamides is 1. The average molecular weight is 331 g/mol. The highest BCUT2D eigenvalue weighted by Gasteiger charge is 2.28. The fourth-order valence-electron chi connectivity index (χ4n) is 3.08. The zero-order valence-corrected chi connectivity index (χ0v) is 13.9. The molecule has 1 atom stereocenters. The maximum absolute atomic E-state index is 12.5. The number of rotatable bonds is 5. The molecule has 0 amide bonds. The van der Waals surface area contributed by atoms with Crippen LogP contribution in [0.2, 0.25) is 5.02 Å². The van der Waals surface area contributed by atoms with Crippen LogP contribution in [0.3, 0.4) is 0 Å². The molecule has 1 unspecified atom stereocenters. The zero-order chi connectivity index (χ0) is 15.5. The molecule has 6 heteroatoms. The van der Waals surface area contributed by atoms with Crippen molar-refractivity contribution in [2.45, 2.75) is 56.4 Å². The minimum atomic E-state index is -3.60. The minimum absolute atomic E-state index is 0.0228. The highest BCUT2D eigenvalue weighted by atomic mass is 35.5. The van der Waals surface area contributed by atoms with Crippen molar-refractivity contribution < 1.29 is 8.42 Å². The molecule has 0 radical (unpaired) electrons. The maximum atomic E-state index is 12.5. The van der Waals surface area contributed by atoms with Crippen LogP contribution in [-0.2, 0) is 10.0 Å². The van der Waals surface area contributed by atoms with E-state index in [0.717, 1.165) is 19.3 Å². The maximum Gasteiger partial charge on any atom is 0.242 e. The first kappa shape index (κ1) is 16.6. The van der Waals surface area contributed by atoms with Crippen molar-refractivity contribution in [3.8, 4) is 0 Å². The monoisotopic (exact) mass is 330 g/mol. The Morgan fingerprint density at radius 1 is 1.33 bits per heavy atom. The number of anilines is 1. The first-order valence-corrected chi connectivity index (χ1v) is 9.37. The van der Waals surface area contributed by atoms with E-state index in [1.165, 1.54) is 31.4 Å². The summed E-state index contributed by atoms with van der Waals surface area (Å²) in [5.41, 5.74) is 5.99. The van der Waals surface area contributed by atoms with Gasteiger partial charge in [-0.1, -0.05) is 37.8 Å². The topological polar surface area (TPSA) is 72.2 Å². The van der Waals surface area contributed by atoms with Crippen LogP contribution < -0.4 is 10.5 Å². The highest BCUT2D eigenvalue weighted by molar-refractivity contribution is 7.89. The molecule has 1 aliphatic rings. The van der Waals surface area contributed by atoms with E-state index in [1.54, 1.807) is 6.07 Å². The van der Waals surface area contributed by atoms with Gasteiger partial charge >= 0.3 is 0 Å². The molecule has 1 aliphatic carbocycles. The second kappa shape index (κ2) is 6.99. The summed E-state index contributed by atoms with van der Waals surface area (Å²) >= 11 is 5.83. The van der Waals surface area contributed by atoms with Crippen molar-refractivity contribution in [1.29, 1.82) is 0 Å². The molecule has 1 fully saturated rings. The van der Waals surface area contributed by atoms with Gasteiger partial charge in [0.1, 0.15) is 4.90 Å². The van der Waals surface area contributed by atoms with Gasteiger partial charge in [0.25, 0.3) is 0 Å². The van der Waals surface area contributed by atoms with Gasteiger partial charge in [-0.3, -0.25) is 0 Å². The van der Waals surface area contributed by atoms with Gasteiger partial charge in [-0.2, -0.15) is 0 Å². The molecule has 3 N–H and O–H groups in total. The summed E-state index contributed by atoms with van der Waals surface area (Å²) < 4.78 is 27.9. The number of nitrogens with one attached hydrogen (secondary N) is 1. The van der Waals surface area contributed by atoms with Gasteiger partial charge in [0.2, 0.25) is 10.0 Å². The van der Waals surface area contributed by atoms with Crippen molar-refractivity contribution in [2.24, 2.45) is 5.92 Å². The van der Waals surface area contributed by atoms with E-state index in [0.29, 0.717) is 10.9 Å². The number of nitrogen functional groups attached to an aromatic ring is 1. The van der Waals surface area contributed by atoms with Crippen LogP contribution in [0.5, 0.6) is 0 Å². The van der Waals surface area contributed by atoms with Crippen molar-refractivity contribution >= 4 is 27.3 Å². The lowest BCUT2D eigenvalue weighted by Gasteiger charge is -2.30. The van der Waals surface area contributed by atoms with Crippen LogP contribution in [0.1, 0.15) is 45.4 Å². The van der Waals surface area contributed by atoms with Crippen molar-refractivity contribution in [3.63, 3.8) is 0 Å². The van der Waals surface area contributed by atoms with Gasteiger partial charge in [-0.05, 0) is 43.4 Å². The van der Waals surface area contributed by atoms with Crippen LogP contribution in [0, 0.1) is 5.92 Å². The van der Waals surface area contributed by atoms with Gasteiger partial charge in [0.05, 0.1) is 5.69 Å². The van der Waals surface area contributed by atoms with Crippen LogP contribution >= 0.6 is 11.6 Å². The molecule has 2 rings (SSSR count). The molecule has 1 aromatic carbocycles. The number of benzene rings is 1. The second-order valence-corrected chi connectivity index (χ2v) is 7.84. The zero-order valence-electron chi connectivity index (χ0n) is 12.3. The highest BCUT2D eigenvalue weighted by Crippen LogP contribution is 2.29. The summed E-state index contributed by atoms with van der Waals surface area (Å²) in [5.74, 6) is 0.423. The van der Waals surface area contributed by atoms with Crippen LogP contribution in [0.15, 0.2) is 23.1 Å². The lowest BCUT2D eigenvalue weighted by molar-refractivity contribution is 0.285. The Bertz CT molecular complexity index is 583. The molecular weight excluding hydrogens is 308 g/mol. The molecule has 1 aromatic rings. The summed E-state index contributed by atoms with van der Waals surface area (Å²) in [6, 6.07) is 4.46. The molecule has 4 nitrogen and oxygen atoms in total. The molecule has 0 spiro atoms. The second-order valence-electron chi connectivity index (χ2n) is 5.72. The SMILES string of the molecule is CCC(NS(=O)(=O)c1ccc(Cl)cc1N)C1CCCCC1. The molecule has 1 saturated carbocycles. The fraction of sp³-hybridized carbons (Fsp3) is 0.600. The molecule has 0 saturated heterocycles. The summed E-state index contributed by atoms with van der Waals surface area (Å²) in [6.45, 7) is 2.02. The van der Waals surface area contributed by atoms with Crippen molar-refractivity contribution in [2.75, 3.05) is 5.73 Å². The third-order valence-corrected chi connectivity index (χ3v) is 6.03. The third-order valence-electron chi connectivity index (χ3n) is 4.23. The van der Waals surface area contributed by atoms with E-state index in [4.69, 9.17) is 17.3 Å². The summed E-state index contributed by atoms with van der Waals surface area (Å²) in [4.78, 5) is 0.112. The molecule has 0 heterocycles. The first-order chi connectivity index (χ1) is 9.94. The van der Waals surface area contributed by atoms with Gasteiger partial charge < -0.3 is 5.73 Å². The van der Waals surface area contributed by atoms with Crippen molar-refractivity contribution in [1.82, 2.24) is 4.72 Å². The number of halogens is 1. The van der Waals surface area contributed by atoms with Crippen LogP contribution in [-0.4, -0.2) is 14.5 Å². The van der Waals surface area contributed by atoms with Crippen molar-refractivity contribution in [3.05, 3.63) is 23.2 Å². The molecule has 0 bridgehead atoms. The van der Waals surface area contributed by atoms with E-state index in [9.17, 15) is 8.42 Å². The fourth-order valence-corrected chi connectivity index (χ4v) is 4.76. The summed E-state index contributed by atoms with van der Waals surface area (Å²) in [7, 11) is -3.60. The predicted octanol–water partition coefficient (Wildman–Crippen LogP) is 3.56. The van der Waals surface area contributed by atoms with E-state index >= 15 is 0 Å². The van der Waals surface area contributed by atoms with Crippen LogP contribution in [0.4, 0.5) is 5.69 Å². The first-order valence-electron chi connectivity index (χ1n) is 7.51. The van der Waals surface area contributed by atoms with Gasteiger partial charge in [0, 0.05) is 11.1 Å². The quantitative estimate of drug-likeness (QED) is 0.811. The summed E-state index contributed by atoms with van der Waals surface area (Å²) in [6.07, 6.45) is 6.60. The minimum Gasteiger partial charge on any atom is -0.398 e. The Kier molecular flexibility index (Phi) is 5.52. The van der Waals surface area contributed by atoms with Gasteiger partial charge in [0.15, 0.2) is 0 Å². The molecule has 118 valence electrons. The van der Waals surface area contributed by atoms with E-state index < -0.39 is 10.0 Å². The number of nitrogens with two attached hydrogens (primary N) is 1. The standard InChI is InChI=1S/C15H23ClN2O2S/c1-2-14(11-6-4-3-5-7-11)18-21(19,20)15-9-8-12(16)10-13(15)17/h8-11,14,18H,2-7,17H2,1H3. The number of hydrogen-bond donors (Lipinski definition) is 2. The Morgan fingerprint density at radius 2 is 2.00 bits per heavy atom. The molecule has 21 heavy (non-hydrogen) atoms. The Balaban J connectivity index is 2.18. The lowest BCUT2D eigenvalue weighted by atomic mass is 9.83. The predicted molar refractivity (Wildman–Crippen MR) is 86.8 cm³/mol. The summed E-state index contributed by atoms with van der Waals surface area (Å²) in [5, 5.41) is 0.436. The Morgan fingerprint density at radius 3 is 2.57 bits per heavy atom. The molecular formula is C15H23ClN2O2S. The van der Waals surface area contributed by atoms with Gasteiger partial charge in [-0.25, -0.2) is 13.1 Å². The van der Waals surface area contributed by atoms with E-state index in [1.807, 2.05) is 6.92 Å². The lowest BCUT2D eigenvalue weighted by Crippen LogP contribution is -2.40. The Labute approximate surface area is 132 Å². The largest absolute Gasteiger partial charge is 0.398 e. The van der Waals surface area contributed by atoms with Crippen LogP contribution in [0.25, 0.3) is 0 Å². The van der Waals surface area contributed by atoms with E-state index in [2.05, 4.69) is 4.72 Å². The van der Waals surface area contributed by atoms with Gasteiger partial charge in [-0.15, -0.1) is 0 Å². The molecule has 0 aliphatic heterocycles. The normalized spacial score (nSPS) is 18.6. The number of hydrogen-bond acceptors (Lipinski definition) is 3. The average Bonchev–Trinajstić information content (AvgIpc) is 2.45. The molecule has 0 aromatic heterocycles. The Hall–Kier alpha value is -0.780. The van der Waals surface area contributed by atoms with E-state index in [-0.39, 0.29) is 16.6 Å². The third kappa shape index (κ3) is 4.11. The smallest absolute Gasteiger partial charge is 0.242 e.